The zero-order valence-electron chi connectivity index (χ0n) is 5.93. The van der Waals surface area contributed by atoms with Gasteiger partial charge in [0.25, 0.3) is 0 Å². The minimum Gasteiger partial charge on any atom is -0.369 e. The number of carbonyl (C=O) groups excluding carboxylic acids is 1. The highest BCUT2D eigenvalue weighted by Gasteiger charge is 2.15. The van der Waals surface area contributed by atoms with Crippen LogP contribution in [0.4, 0.5) is 0 Å². The SMILES string of the molecule is [CH2]C(=O)C1CNCCCO1. The average molecular weight is 142 g/mol. The van der Waals surface area contributed by atoms with Gasteiger partial charge in [-0.25, -0.2) is 0 Å². The zero-order chi connectivity index (χ0) is 7.40. The Morgan fingerprint density at radius 2 is 2.50 bits per heavy atom. The van der Waals surface area contributed by atoms with Crippen molar-refractivity contribution in [3.63, 3.8) is 0 Å². The van der Waals surface area contributed by atoms with E-state index in [1.807, 2.05) is 0 Å². The molecular formula is C7H12NO2. The van der Waals surface area contributed by atoms with E-state index in [0.29, 0.717) is 13.2 Å². The van der Waals surface area contributed by atoms with E-state index in [9.17, 15) is 4.79 Å². The Hall–Kier alpha value is -0.410. The van der Waals surface area contributed by atoms with Crippen molar-refractivity contribution in [2.45, 2.75) is 12.5 Å². The molecule has 0 aromatic carbocycles. The smallest absolute Gasteiger partial charge is 0.163 e. The van der Waals surface area contributed by atoms with Crippen LogP contribution in [-0.4, -0.2) is 31.6 Å². The monoisotopic (exact) mass is 142 g/mol. The number of nitrogens with one attached hydrogen (secondary N) is 1. The van der Waals surface area contributed by atoms with E-state index in [-0.39, 0.29) is 11.9 Å². The average Bonchev–Trinajstić information content (AvgIpc) is 2.12. The summed E-state index contributed by atoms with van der Waals surface area (Å²) in [5.74, 6) is -0.130. The molecule has 3 nitrogen and oxygen atoms in total. The lowest BCUT2D eigenvalue weighted by molar-refractivity contribution is -0.125. The Balaban J connectivity index is 2.35. The number of carbonyl (C=O) groups is 1. The van der Waals surface area contributed by atoms with Crippen molar-refractivity contribution in [3.8, 4) is 0 Å². The van der Waals surface area contributed by atoms with Crippen LogP contribution in [0.15, 0.2) is 0 Å². The van der Waals surface area contributed by atoms with Gasteiger partial charge in [0.05, 0.1) is 0 Å². The van der Waals surface area contributed by atoms with Gasteiger partial charge in [-0.1, -0.05) is 0 Å². The predicted molar refractivity (Wildman–Crippen MR) is 37.6 cm³/mol. The zero-order valence-corrected chi connectivity index (χ0v) is 5.93. The summed E-state index contributed by atoms with van der Waals surface area (Å²) in [5.41, 5.74) is 0. The molecule has 1 N–H and O–H groups in total. The third-order valence-corrected chi connectivity index (χ3v) is 1.51. The molecule has 1 unspecified atom stereocenters. The first kappa shape index (κ1) is 7.69. The van der Waals surface area contributed by atoms with E-state index < -0.39 is 0 Å². The second-order valence-electron chi connectivity index (χ2n) is 2.38. The quantitative estimate of drug-likeness (QED) is 0.549. The molecule has 0 amide bonds. The van der Waals surface area contributed by atoms with Gasteiger partial charge in [-0.2, -0.15) is 0 Å². The summed E-state index contributed by atoms with van der Waals surface area (Å²) in [4.78, 5) is 10.7. The van der Waals surface area contributed by atoms with E-state index in [4.69, 9.17) is 4.74 Å². The highest BCUT2D eigenvalue weighted by molar-refractivity contribution is 5.87. The van der Waals surface area contributed by atoms with Gasteiger partial charge in [0.15, 0.2) is 5.78 Å². The Labute approximate surface area is 60.7 Å². The first-order valence-electron chi connectivity index (χ1n) is 3.49. The highest BCUT2D eigenvalue weighted by Crippen LogP contribution is 1.97. The van der Waals surface area contributed by atoms with Gasteiger partial charge >= 0.3 is 0 Å². The second-order valence-corrected chi connectivity index (χ2v) is 2.38. The molecule has 0 bridgehead atoms. The Morgan fingerprint density at radius 3 is 3.20 bits per heavy atom. The molecule has 0 spiro atoms. The van der Waals surface area contributed by atoms with Crippen molar-refractivity contribution in [3.05, 3.63) is 6.92 Å². The van der Waals surface area contributed by atoms with Gasteiger partial charge in [-0.05, 0) is 13.0 Å². The van der Waals surface area contributed by atoms with Gasteiger partial charge in [0.1, 0.15) is 6.10 Å². The predicted octanol–water partition coefficient (Wildman–Crippen LogP) is -0.232. The molecule has 0 saturated carbocycles. The number of Topliss-reactive ketones (excluding diaryl/α,β-unsaturated/α-hetero) is 1. The molecule has 1 saturated heterocycles. The number of hydrogen-bond donors (Lipinski definition) is 1. The summed E-state index contributed by atoms with van der Waals surface area (Å²) >= 11 is 0. The topological polar surface area (TPSA) is 38.3 Å². The van der Waals surface area contributed by atoms with Crippen LogP contribution < -0.4 is 5.32 Å². The standard InChI is InChI=1S/C7H12NO2/c1-6(9)7-5-8-3-2-4-10-7/h7-8H,1-5H2. The first-order valence-corrected chi connectivity index (χ1v) is 3.49. The van der Waals surface area contributed by atoms with Crippen molar-refractivity contribution in [2.75, 3.05) is 19.7 Å². The van der Waals surface area contributed by atoms with Crippen LogP contribution >= 0.6 is 0 Å². The molecule has 0 aromatic rings. The molecule has 3 heteroatoms. The van der Waals surface area contributed by atoms with Crippen molar-refractivity contribution in [1.29, 1.82) is 0 Å². The van der Waals surface area contributed by atoms with E-state index in [1.54, 1.807) is 0 Å². The number of ketones is 1. The molecule has 0 aromatic heterocycles. The Bertz CT molecular complexity index is 117. The summed E-state index contributed by atoms with van der Waals surface area (Å²) < 4.78 is 5.19. The van der Waals surface area contributed by atoms with Gasteiger partial charge in [0.2, 0.25) is 0 Å². The molecule has 10 heavy (non-hydrogen) atoms. The highest BCUT2D eigenvalue weighted by atomic mass is 16.5. The Kier molecular flexibility index (Phi) is 2.83. The lowest BCUT2D eigenvalue weighted by Gasteiger charge is -2.09. The fraction of sp³-hybridized carbons (Fsp3) is 0.714. The third kappa shape index (κ3) is 2.08. The summed E-state index contributed by atoms with van der Waals surface area (Å²) in [6, 6.07) is 0. The molecule has 1 aliphatic rings. The van der Waals surface area contributed by atoms with Crippen molar-refractivity contribution in [2.24, 2.45) is 0 Å². The largest absolute Gasteiger partial charge is 0.369 e. The lowest BCUT2D eigenvalue weighted by atomic mass is 10.2. The normalized spacial score (nSPS) is 27.5. The summed E-state index contributed by atoms with van der Waals surface area (Å²) in [6.07, 6.45) is 0.659. The van der Waals surface area contributed by atoms with Crippen molar-refractivity contribution >= 4 is 5.78 Å². The molecule has 1 radical (unpaired) electrons. The maximum Gasteiger partial charge on any atom is 0.163 e. The number of hydrogen-bond acceptors (Lipinski definition) is 3. The third-order valence-electron chi connectivity index (χ3n) is 1.51. The van der Waals surface area contributed by atoms with Crippen molar-refractivity contribution < 1.29 is 9.53 Å². The summed E-state index contributed by atoms with van der Waals surface area (Å²) in [5, 5.41) is 3.09. The number of rotatable bonds is 1. The van der Waals surface area contributed by atoms with Crippen molar-refractivity contribution in [1.82, 2.24) is 5.32 Å². The van der Waals surface area contributed by atoms with E-state index >= 15 is 0 Å². The van der Waals surface area contributed by atoms with Crippen LogP contribution in [0.3, 0.4) is 0 Å². The maximum atomic E-state index is 10.7. The molecule has 1 aliphatic heterocycles. The minimum absolute atomic E-state index is 0.130. The summed E-state index contributed by atoms with van der Waals surface area (Å²) in [6.45, 7) is 5.51. The molecule has 1 fully saturated rings. The molecule has 57 valence electrons. The van der Waals surface area contributed by atoms with Gasteiger partial charge in [-0.15, -0.1) is 0 Å². The van der Waals surface area contributed by atoms with E-state index in [0.717, 1.165) is 13.0 Å². The molecule has 0 aliphatic carbocycles. The first-order chi connectivity index (χ1) is 4.80. The lowest BCUT2D eigenvalue weighted by Crippen LogP contribution is -2.31. The van der Waals surface area contributed by atoms with Crippen LogP contribution in [0.2, 0.25) is 0 Å². The van der Waals surface area contributed by atoms with Gasteiger partial charge < -0.3 is 10.1 Å². The fourth-order valence-electron chi connectivity index (χ4n) is 0.922. The second kappa shape index (κ2) is 3.68. The molecular weight excluding hydrogens is 130 g/mol. The molecule has 1 atom stereocenters. The van der Waals surface area contributed by atoms with Crippen LogP contribution in [0.25, 0.3) is 0 Å². The van der Waals surface area contributed by atoms with Gasteiger partial charge in [0, 0.05) is 20.1 Å². The maximum absolute atomic E-state index is 10.7. The van der Waals surface area contributed by atoms with E-state index in [2.05, 4.69) is 12.2 Å². The molecule has 1 rings (SSSR count). The summed E-state index contributed by atoms with van der Waals surface area (Å²) in [7, 11) is 0. The number of ether oxygens (including phenoxy) is 1. The van der Waals surface area contributed by atoms with Crippen LogP contribution in [-0.2, 0) is 9.53 Å². The fourth-order valence-corrected chi connectivity index (χ4v) is 0.922. The Morgan fingerprint density at radius 1 is 1.70 bits per heavy atom. The minimum atomic E-state index is -0.317. The van der Waals surface area contributed by atoms with Crippen LogP contribution in [0.1, 0.15) is 6.42 Å². The van der Waals surface area contributed by atoms with E-state index in [1.165, 1.54) is 0 Å². The van der Waals surface area contributed by atoms with Gasteiger partial charge in [-0.3, -0.25) is 4.79 Å². The molecule has 1 heterocycles. The van der Waals surface area contributed by atoms with Crippen LogP contribution in [0.5, 0.6) is 0 Å². The van der Waals surface area contributed by atoms with Crippen LogP contribution in [0, 0.1) is 6.92 Å².